The molecule has 1 amide bonds. The van der Waals surface area contributed by atoms with Gasteiger partial charge in [-0.1, -0.05) is 24.3 Å². The van der Waals surface area contributed by atoms with Gasteiger partial charge in [0.15, 0.2) is 5.54 Å². The van der Waals surface area contributed by atoms with Crippen LogP contribution in [-0.4, -0.2) is 52.6 Å². The van der Waals surface area contributed by atoms with E-state index in [0.29, 0.717) is 11.3 Å². The molecule has 38 heavy (non-hydrogen) atoms. The SMILES string of the molecule is COc1ccc(C2=C(c3nn[nH]n3)C(=O)NC(c3ccc(OCCCC(F)(F)F)cc3)(C(F)(F)F)C2)cc1. The van der Waals surface area contributed by atoms with Crippen LogP contribution in [0.4, 0.5) is 26.3 Å². The number of hydrogen-bond acceptors (Lipinski definition) is 6. The first kappa shape index (κ1) is 26.9. The molecule has 0 saturated heterocycles. The Kier molecular flexibility index (Phi) is 7.33. The fraction of sp³-hybridized carbons (Fsp3) is 0.333. The van der Waals surface area contributed by atoms with E-state index < -0.39 is 36.6 Å². The minimum Gasteiger partial charge on any atom is -0.497 e. The molecule has 1 aliphatic heterocycles. The van der Waals surface area contributed by atoms with E-state index in [1.54, 1.807) is 12.1 Å². The third kappa shape index (κ3) is 5.58. The second-order valence-electron chi connectivity index (χ2n) is 8.44. The lowest BCUT2D eigenvalue weighted by atomic mass is 9.76. The van der Waals surface area contributed by atoms with Crippen molar-refractivity contribution in [3.8, 4) is 11.5 Å². The molecule has 1 aliphatic rings. The molecule has 0 bridgehead atoms. The van der Waals surface area contributed by atoms with Crippen LogP contribution in [0.3, 0.4) is 0 Å². The predicted octanol–water partition coefficient (Wildman–Crippen LogP) is 4.82. The standard InChI is InChI=1S/C24H21F6N5O3/c1-37-16-7-3-14(4-8-16)18-13-22(24(28,29)30,31-21(36)19(18)20-32-34-35-33-20)15-5-9-17(10-6-15)38-12-2-11-23(25,26)27/h3-10H,2,11-13H2,1H3,(H,31,36)(H,32,33,34,35). The Bertz CT molecular complexity index is 1290. The average molecular weight is 541 g/mol. The van der Waals surface area contributed by atoms with E-state index in [1.807, 2.05) is 0 Å². The number of nitrogens with one attached hydrogen (secondary N) is 2. The van der Waals surface area contributed by atoms with Crippen molar-refractivity contribution < 1.29 is 40.6 Å². The molecular weight excluding hydrogens is 520 g/mol. The van der Waals surface area contributed by atoms with Crippen LogP contribution in [-0.2, 0) is 10.3 Å². The van der Waals surface area contributed by atoms with E-state index >= 15 is 0 Å². The van der Waals surface area contributed by atoms with Crippen LogP contribution in [0, 0.1) is 0 Å². The maximum Gasteiger partial charge on any atom is 0.416 e. The summed E-state index contributed by atoms with van der Waals surface area (Å²) in [7, 11) is 1.44. The summed E-state index contributed by atoms with van der Waals surface area (Å²) in [5.41, 5.74) is -2.95. The van der Waals surface area contributed by atoms with Crippen LogP contribution in [0.2, 0.25) is 0 Å². The molecule has 1 aromatic heterocycles. The number of methoxy groups -OCH3 is 1. The number of rotatable bonds is 8. The molecule has 4 rings (SSSR count). The van der Waals surface area contributed by atoms with Crippen molar-refractivity contribution >= 4 is 17.1 Å². The number of carbonyl (C=O) groups excluding carboxylic acids is 1. The van der Waals surface area contributed by atoms with Gasteiger partial charge in [0.1, 0.15) is 11.5 Å². The first-order valence-corrected chi connectivity index (χ1v) is 11.2. The van der Waals surface area contributed by atoms with Gasteiger partial charge < -0.3 is 14.8 Å². The number of carbonyl (C=O) groups is 1. The van der Waals surface area contributed by atoms with E-state index in [0.717, 1.165) is 12.1 Å². The topological polar surface area (TPSA) is 102 Å². The highest BCUT2D eigenvalue weighted by Crippen LogP contribution is 2.49. The normalized spacial score (nSPS) is 18.3. The number of halogens is 6. The highest BCUT2D eigenvalue weighted by atomic mass is 19.4. The summed E-state index contributed by atoms with van der Waals surface area (Å²) >= 11 is 0. The van der Waals surface area contributed by atoms with E-state index in [9.17, 15) is 31.1 Å². The Morgan fingerprint density at radius 3 is 2.18 bits per heavy atom. The number of hydrogen-bond donors (Lipinski definition) is 2. The monoisotopic (exact) mass is 541 g/mol. The number of tetrazole rings is 1. The lowest BCUT2D eigenvalue weighted by Gasteiger charge is -2.41. The fourth-order valence-corrected chi connectivity index (χ4v) is 4.14. The van der Waals surface area contributed by atoms with E-state index in [4.69, 9.17) is 9.47 Å². The van der Waals surface area contributed by atoms with Crippen molar-refractivity contribution in [2.24, 2.45) is 0 Å². The maximum absolute atomic E-state index is 14.7. The molecule has 14 heteroatoms. The maximum atomic E-state index is 14.7. The predicted molar refractivity (Wildman–Crippen MR) is 122 cm³/mol. The average Bonchev–Trinajstić information content (AvgIpc) is 3.40. The molecule has 1 atom stereocenters. The Balaban J connectivity index is 1.71. The van der Waals surface area contributed by atoms with E-state index in [-0.39, 0.29) is 41.3 Å². The Morgan fingerprint density at radius 2 is 1.63 bits per heavy atom. The summed E-state index contributed by atoms with van der Waals surface area (Å²) in [6.07, 6.45) is -11.3. The van der Waals surface area contributed by atoms with Crippen LogP contribution in [0.25, 0.3) is 11.1 Å². The zero-order valence-electron chi connectivity index (χ0n) is 19.8. The zero-order valence-corrected chi connectivity index (χ0v) is 19.8. The lowest BCUT2D eigenvalue weighted by Crippen LogP contribution is -2.58. The Hall–Kier alpha value is -4.10. The number of benzene rings is 2. The molecule has 2 N–H and O–H groups in total. The summed E-state index contributed by atoms with van der Waals surface area (Å²) in [5, 5.41) is 15.3. The molecule has 8 nitrogen and oxygen atoms in total. The van der Waals surface area contributed by atoms with Crippen LogP contribution < -0.4 is 14.8 Å². The molecule has 0 aliphatic carbocycles. The van der Waals surface area contributed by atoms with E-state index in [2.05, 4.69) is 25.9 Å². The van der Waals surface area contributed by atoms with Crippen molar-refractivity contribution in [3.63, 3.8) is 0 Å². The summed E-state index contributed by atoms with van der Waals surface area (Å²) < 4.78 is 91.6. The van der Waals surface area contributed by atoms with Crippen molar-refractivity contribution in [2.45, 2.75) is 37.2 Å². The van der Waals surface area contributed by atoms with Gasteiger partial charge in [0.25, 0.3) is 5.91 Å². The first-order chi connectivity index (χ1) is 17.9. The third-order valence-corrected chi connectivity index (χ3v) is 6.01. The van der Waals surface area contributed by atoms with Gasteiger partial charge >= 0.3 is 12.4 Å². The number of aromatic amines is 1. The largest absolute Gasteiger partial charge is 0.497 e. The minimum atomic E-state index is -4.95. The zero-order chi connectivity index (χ0) is 27.6. The van der Waals surface area contributed by atoms with Gasteiger partial charge in [-0.2, -0.15) is 31.6 Å². The summed E-state index contributed by atoms with van der Waals surface area (Å²) in [5.74, 6) is -0.683. The van der Waals surface area contributed by atoms with Crippen LogP contribution in [0.15, 0.2) is 48.5 Å². The summed E-state index contributed by atoms with van der Waals surface area (Å²) in [4.78, 5) is 13.2. The molecule has 0 spiro atoms. The van der Waals surface area contributed by atoms with Crippen LogP contribution in [0.1, 0.15) is 36.2 Å². The van der Waals surface area contributed by atoms with Gasteiger partial charge in [-0.05, 0) is 52.6 Å². The van der Waals surface area contributed by atoms with Crippen LogP contribution in [0.5, 0.6) is 11.5 Å². The number of alkyl halides is 6. The number of H-pyrrole nitrogens is 1. The van der Waals surface area contributed by atoms with Crippen molar-refractivity contribution in [1.82, 2.24) is 25.9 Å². The summed E-state index contributed by atoms with van der Waals surface area (Å²) in [6.45, 7) is -0.265. The number of ether oxygens (including phenoxy) is 2. The molecule has 0 fully saturated rings. The van der Waals surface area contributed by atoms with Gasteiger partial charge in [-0.25, -0.2) is 0 Å². The first-order valence-electron chi connectivity index (χ1n) is 11.2. The van der Waals surface area contributed by atoms with Gasteiger partial charge in [-0.15, -0.1) is 10.2 Å². The highest BCUT2D eigenvalue weighted by Gasteiger charge is 2.59. The van der Waals surface area contributed by atoms with Gasteiger partial charge in [0.05, 0.1) is 19.3 Å². The number of aromatic nitrogens is 4. The smallest absolute Gasteiger partial charge is 0.416 e. The third-order valence-electron chi connectivity index (χ3n) is 6.01. The van der Waals surface area contributed by atoms with Gasteiger partial charge in [-0.3, -0.25) is 4.79 Å². The Labute approximate surface area is 212 Å². The van der Waals surface area contributed by atoms with Crippen molar-refractivity contribution in [3.05, 3.63) is 65.5 Å². The van der Waals surface area contributed by atoms with Gasteiger partial charge in [0, 0.05) is 12.8 Å². The fourth-order valence-electron chi connectivity index (χ4n) is 4.14. The molecule has 0 saturated carbocycles. The molecule has 1 unspecified atom stereocenters. The van der Waals surface area contributed by atoms with Crippen molar-refractivity contribution in [1.29, 1.82) is 0 Å². The number of amides is 1. The molecular formula is C24H21F6N5O3. The highest BCUT2D eigenvalue weighted by molar-refractivity contribution is 6.27. The number of nitrogens with zero attached hydrogens (tertiary/aromatic N) is 3. The molecule has 202 valence electrons. The summed E-state index contributed by atoms with van der Waals surface area (Å²) in [6, 6.07) is 10.8. The second-order valence-corrected chi connectivity index (χ2v) is 8.44. The molecule has 2 aromatic carbocycles. The second kappa shape index (κ2) is 10.3. The van der Waals surface area contributed by atoms with Gasteiger partial charge in [0.2, 0.25) is 5.82 Å². The Morgan fingerprint density at radius 1 is 0.974 bits per heavy atom. The lowest BCUT2D eigenvalue weighted by molar-refractivity contribution is -0.201. The van der Waals surface area contributed by atoms with Crippen molar-refractivity contribution in [2.75, 3.05) is 13.7 Å². The molecule has 3 aromatic rings. The van der Waals surface area contributed by atoms with Crippen LogP contribution >= 0.6 is 0 Å². The minimum absolute atomic E-state index is 0.0302. The molecule has 2 heterocycles. The molecule has 0 radical (unpaired) electrons. The quantitative estimate of drug-likeness (QED) is 0.313. The van der Waals surface area contributed by atoms with E-state index in [1.165, 1.54) is 31.4 Å².